The molecule has 0 spiro atoms. The Balaban J connectivity index is 1.84. The minimum absolute atomic E-state index is 0.0713. The molecule has 0 radical (unpaired) electrons. The zero-order valence-electron chi connectivity index (χ0n) is 15.8. The van der Waals surface area contributed by atoms with Crippen LogP contribution in [0.1, 0.15) is 46.0 Å². The number of aliphatic carboxylic acids is 1. The van der Waals surface area contributed by atoms with Gasteiger partial charge in [-0.1, -0.05) is 0 Å². The lowest BCUT2D eigenvalue weighted by Gasteiger charge is -2.45. The Hall–Kier alpha value is -0.923. The van der Waals surface area contributed by atoms with Crippen molar-refractivity contribution in [1.29, 1.82) is 0 Å². The lowest BCUT2D eigenvalue weighted by molar-refractivity contribution is -0.158. The largest absolute Gasteiger partial charge is 0.481 e. The third-order valence-electron chi connectivity index (χ3n) is 5.81. The molecule has 0 aromatic heterocycles. The minimum atomic E-state index is -2.15. The molecule has 3 aliphatic carbocycles. The quantitative estimate of drug-likeness (QED) is 0.456. The van der Waals surface area contributed by atoms with E-state index >= 15 is 0 Å². The zero-order chi connectivity index (χ0) is 18.4. The summed E-state index contributed by atoms with van der Waals surface area (Å²) in [6, 6.07) is 0.827. The fourth-order valence-corrected chi connectivity index (χ4v) is 7.13. The molecule has 2 unspecified atom stereocenters. The number of rotatable bonds is 10. The van der Waals surface area contributed by atoms with Crippen molar-refractivity contribution in [3.8, 4) is 0 Å². The van der Waals surface area contributed by atoms with Gasteiger partial charge < -0.3 is 19.3 Å². The molecule has 0 heterocycles. The molecule has 2 atom stereocenters. The summed E-state index contributed by atoms with van der Waals surface area (Å²) in [6.45, 7) is 7.83. The van der Waals surface area contributed by atoms with E-state index in [0.29, 0.717) is 19.8 Å². The first-order chi connectivity index (χ1) is 11.9. The lowest BCUT2D eigenvalue weighted by atomic mass is 9.58. The first kappa shape index (κ1) is 20.4. The van der Waals surface area contributed by atoms with Crippen LogP contribution in [0.2, 0.25) is 12.6 Å². The van der Waals surface area contributed by atoms with E-state index in [4.69, 9.17) is 8.85 Å². The maximum atomic E-state index is 12.7. The Bertz CT molecular complexity index is 458. The van der Waals surface area contributed by atoms with E-state index in [1.807, 2.05) is 13.8 Å². The molecule has 7 heteroatoms. The number of carboxylic acids is 1. The van der Waals surface area contributed by atoms with E-state index in [0.717, 1.165) is 38.1 Å². The van der Waals surface area contributed by atoms with Crippen molar-refractivity contribution < 1.29 is 23.5 Å². The molecule has 0 aromatic rings. The highest BCUT2D eigenvalue weighted by molar-refractivity contribution is 6.66. The predicted octanol–water partition coefficient (Wildman–Crippen LogP) is 2.77. The van der Waals surface area contributed by atoms with Gasteiger partial charge in [-0.3, -0.25) is 9.59 Å². The number of carbonyl (C=O) groups excluding carboxylic acids is 1. The van der Waals surface area contributed by atoms with E-state index in [1.54, 1.807) is 0 Å². The molecule has 2 N–H and O–H groups in total. The van der Waals surface area contributed by atoms with Crippen LogP contribution in [0.4, 0.5) is 0 Å². The third kappa shape index (κ3) is 5.05. The van der Waals surface area contributed by atoms with Gasteiger partial charge in [-0.15, -0.1) is 0 Å². The first-order valence-electron chi connectivity index (χ1n) is 9.70. The molecule has 3 rings (SSSR count). The molecule has 2 bridgehead atoms. The summed E-state index contributed by atoms with van der Waals surface area (Å²) < 4.78 is 11.6. The Labute approximate surface area is 151 Å². The van der Waals surface area contributed by atoms with E-state index < -0.39 is 20.4 Å². The van der Waals surface area contributed by atoms with E-state index in [2.05, 4.69) is 11.9 Å². The number of amides is 1. The van der Waals surface area contributed by atoms with Gasteiger partial charge in [0.05, 0.1) is 11.8 Å². The van der Waals surface area contributed by atoms with Crippen LogP contribution in [0.25, 0.3) is 0 Å². The molecule has 3 fully saturated rings. The van der Waals surface area contributed by atoms with Crippen molar-refractivity contribution in [1.82, 2.24) is 5.32 Å². The first-order valence-corrected chi connectivity index (χ1v) is 12.2. The molecule has 144 valence electrons. The number of hydrogen-bond acceptors (Lipinski definition) is 4. The highest BCUT2D eigenvalue weighted by Gasteiger charge is 2.50. The predicted molar refractivity (Wildman–Crippen MR) is 97.4 cm³/mol. The maximum absolute atomic E-state index is 12.7. The molecule has 3 aliphatic rings. The van der Waals surface area contributed by atoms with Gasteiger partial charge in [0.25, 0.3) is 0 Å². The molecular formula is C18H33NO5Si. The van der Waals surface area contributed by atoms with E-state index in [1.165, 1.54) is 0 Å². The Morgan fingerprint density at radius 2 is 1.56 bits per heavy atom. The highest BCUT2D eigenvalue weighted by Crippen LogP contribution is 2.49. The van der Waals surface area contributed by atoms with Gasteiger partial charge in [0.15, 0.2) is 0 Å². The second-order valence-electron chi connectivity index (χ2n) is 7.46. The van der Waals surface area contributed by atoms with Crippen LogP contribution in [-0.2, 0) is 18.4 Å². The highest BCUT2D eigenvalue weighted by atomic mass is 28.4. The van der Waals surface area contributed by atoms with Crippen LogP contribution in [0.15, 0.2) is 0 Å². The molecule has 0 aromatic carbocycles. The lowest BCUT2D eigenvalue weighted by Crippen LogP contribution is -2.51. The monoisotopic (exact) mass is 371 g/mol. The standard InChI is InChI=1S/C18H33NO5Si/c1-4-23-25(3,24-5-2)12-6-11-19-17(20)15-13-7-9-14(10-8-13)16(15)18(21)22/h13-16H,4-12H2,1-3H3,(H,19,20)(H,21,22). The van der Waals surface area contributed by atoms with Gasteiger partial charge >= 0.3 is 14.5 Å². The number of fused-ring (bicyclic) bond motifs is 3. The summed E-state index contributed by atoms with van der Waals surface area (Å²) in [6.07, 6.45) is 4.70. The zero-order valence-corrected chi connectivity index (χ0v) is 16.8. The van der Waals surface area contributed by atoms with E-state index in [-0.39, 0.29) is 23.7 Å². The van der Waals surface area contributed by atoms with Gasteiger partial charge in [-0.2, -0.15) is 0 Å². The molecular weight excluding hydrogens is 338 g/mol. The average molecular weight is 372 g/mol. The van der Waals surface area contributed by atoms with Crippen LogP contribution in [0.5, 0.6) is 0 Å². The van der Waals surface area contributed by atoms with Gasteiger partial charge in [0.2, 0.25) is 5.91 Å². The van der Waals surface area contributed by atoms with Crippen molar-refractivity contribution >= 4 is 20.4 Å². The molecule has 1 amide bonds. The van der Waals surface area contributed by atoms with Crippen molar-refractivity contribution in [3.05, 3.63) is 0 Å². The van der Waals surface area contributed by atoms with Gasteiger partial charge in [0.1, 0.15) is 0 Å². The SMILES string of the molecule is CCO[Si](C)(CCCNC(=O)C1C2CCC(CC2)C1C(=O)O)OCC. The van der Waals surface area contributed by atoms with Crippen LogP contribution in [-0.4, -0.2) is 45.3 Å². The molecule has 0 aliphatic heterocycles. The smallest absolute Gasteiger partial charge is 0.334 e. The fraction of sp³-hybridized carbons (Fsp3) is 0.889. The summed E-state index contributed by atoms with van der Waals surface area (Å²) in [5.41, 5.74) is 0. The average Bonchev–Trinajstić information content (AvgIpc) is 2.59. The van der Waals surface area contributed by atoms with Crippen LogP contribution in [0, 0.1) is 23.7 Å². The molecule has 3 saturated carbocycles. The summed E-state index contributed by atoms with van der Waals surface area (Å²) >= 11 is 0. The third-order valence-corrected chi connectivity index (χ3v) is 8.87. The van der Waals surface area contributed by atoms with Gasteiger partial charge in [0, 0.05) is 19.8 Å². The molecule has 0 saturated heterocycles. The number of nitrogens with one attached hydrogen (secondary N) is 1. The molecule has 6 nitrogen and oxygen atoms in total. The fourth-order valence-electron chi connectivity index (χ4n) is 4.72. The van der Waals surface area contributed by atoms with Crippen molar-refractivity contribution in [2.24, 2.45) is 23.7 Å². The summed E-state index contributed by atoms with van der Waals surface area (Å²) in [5.74, 6) is -1.32. The Morgan fingerprint density at radius 1 is 1.04 bits per heavy atom. The summed E-state index contributed by atoms with van der Waals surface area (Å²) in [7, 11) is -2.15. The summed E-state index contributed by atoms with van der Waals surface area (Å²) in [5, 5.41) is 12.6. The van der Waals surface area contributed by atoms with Crippen LogP contribution < -0.4 is 5.32 Å². The van der Waals surface area contributed by atoms with Crippen molar-refractivity contribution in [2.75, 3.05) is 19.8 Å². The van der Waals surface area contributed by atoms with Crippen molar-refractivity contribution in [2.45, 2.75) is 58.5 Å². The molecule has 25 heavy (non-hydrogen) atoms. The number of hydrogen-bond donors (Lipinski definition) is 2. The van der Waals surface area contributed by atoms with Crippen LogP contribution in [0.3, 0.4) is 0 Å². The Morgan fingerprint density at radius 3 is 2.04 bits per heavy atom. The second kappa shape index (κ2) is 9.14. The maximum Gasteiger partial charge on any atom is 0.334 e. The topological polar surface area (TPSA) is 84.9 Å². The Kier molecular flexibility index (Phi) is 7.46. The summed E-state index contributed by atoms with van der Waals surface area (Å²) in [4.78, 5) is 24.3. The minimum Gasteiger partial charge on any atom is -0.481 e. The number of carboxylic acid groups (broad SMARTS) is 1. The van der Waals surface area contributed by atoms with Crippen LogP contribution >= 0.6 is 0 Å². The normalized spacial score (nSPS) is 28.8. The van der Waals surface area contributed by atoms with Crippen molar-refractivity contribution in [3.63, 3.8) is 0 Å². The second-order valence-corrected chi connectivity index (χ2v) is 10.8. The van der Waals surface area contributed by atoms with E-state index in [9.17, 15) is 14.7 Å². The van der Waals surface area contributed by atoms with Gasteiger partial charge in [-0.25, -0.2) is 0 Å². The number of carbonyl (C=O) groups is 2. The van der Waals surface area contributed by atoms with Gasteiger partial charge in [-0.05, 0) is 70.4 Å².